The molecule has 0 aliphatic rings. The van der Waals surface area contributed by atoms with Crippen LogP contribution in [0, 0.1) is 11.6 Å². The normalized spacial score (nSPS) is 10.5. The molecule has 0 bridgehead atoms. The standard InChI is InChI=1S/C16H14F2O4/c1-21-13(19)7-9-3-5-12-11(15(9)17)6-4-10(16(12)18)8-14(20)22-2/h3-6H,7-8H2,1-2H3. The Morgan fingerprint density at radius 1 is 0.818 bits per heavy atom. The van der Waals surface area contributed by atoms with Gasteiger partial charge in [0.15, 0.2) is 0 Å². The van der Waals surface area contributed by atoms with Gasteiger partial charge in [-0.05, 0) is 11.1 Å². The SMILES string of the molecule is COC(=O)Cc1ccc2c(F)c(CC(=O)OC)ccc2c1F. The second-order valence-corrected chi connectivity index (χ2v) is 4.68. The van der Waals surface area contributed by atoms with E-state index in [0.717, 1.165) is 0 Å². The zero-order valence-electron chi connectivity index (χ0n) is 12.1. The maximum absolute atomic E-state index is 14.3. The van der Waals surface area contributed by atoms with Gasteiger partial charge in [-0.3, -0.25) is 9.59 Å². The van der Waals surface area contributed by atoms with Crippen LogP contribution in [0.4, 0.5) is 8.78 Å². The van der Waals surface area contributed by atoms with Crippen molar-refractivity contribution in [3.63, 3.8) is 0 Å². The summed E-state index contributed by atoms with van der Waals surface area (Å²) in [6, 6.07) is 5.43. The molecule has 2 rings (SSSR count). The second-order valence-electron chi connectivity index (χ2n) is 4.68. The molecule has 0 radical (unpaired) electrons. The summed E-state index contributed by atoms with van der Waals surface area (Å²) in [5.74, 6) is -2.51. The van der Waals surface area contributed by atoms with Crippen molar-refractivity contribution in [3.05, 3.63) is 47.0 Å². The lowest BCUT2D eigenvalue weighted by Gasteiger charge is -2.09. The number of hydrogen-bond acceptors (Lipinski definition) is 4. The van der Waals surface area contributed by atoms with Crippen molar-refractivity contribution >= 4 is 22.7 Å². The molecule has 2 aromatic rings. The molecule has 4 nitrogen and oxygen atoms in total. The summed E-state index contributed by atoms with van der Waals surface area (Å²) in [5, 5.41) is 0.0973. The van der Waals surface area contributed by atoms with Gasteiger partial charge in [0.05, 0.1) is 27.1 Å². The summed E-state index contributed by atoms with van der Waals surface area (Å²) in [5.41, 5.74) is 0.249. The number of hydrogen-bond donors (Lipinski definition) is 0. The van der Waals surface area contributed by atoms with Crippen LogP contribution in [0.25, 0.3) is 10.8 Å². The molecule has 6 heteroatoms. The van der Waals surface area contributed by atoms with Crippen molar-refractivity contribution in [1.82, 2.24) is 0 Å². The average molecular weight is 308 g/mol. The molecule has 116 valence electrons. The first kappa shape index (κ1) is 15.9. The topological polar surface area (TPSA) is 52.6 Å². The Morgan fingerprint density at radius 2 is 1.18 bits per heavy atom. The first-order valence-electron chi connectivity index (χ1n) is 6.50. The van der Waals surface area contributed by atoms with E-state index in [2.05, 4.69) is 9.47 Å². The minimum Gasteiger partial charge on any atom is -0.469 e. The van der Waals surface area contributed by atoms with Crippen LogP contribution in [-0.2, 0) is 31.9 Å². The van der Waals surface area contributed by atoms with Crippen molar-refractivity contribution in [1.29, 1.82) is 0 Å². The van der Waals surface area contributed by atoms with Crippen LogP contribution in [0.1, 0.15) is 11.1 Å². The van der Waals surface area contributed by atoms with E-state index >= 15 is 0 Å². The monoisotopic (exact) mass is 308 g/mol. The van der Waals surface area contributed by atoms with E-state index in [9.17, 15) is 18.4 Å². The third kappa shape index (κ3) is 3.05. The highest BCUT2D eigenvalue weighted by Gasteiger charge is 2.16. The first-order chi connectivity index (χ1) is 10.5. The van der Waals surface area contributed by atoms with E-state index in [1.165, 1.54) is 38.5 Å². The van der Waals surface area contributed by atoms with Gasteiger partial charge in [-0.15, -0.1) is 0 Å². The van der Waals surface area contributed by atoms with Gasteiger partial charge >= 0.3 is 11.9 Å². The van der Waals surface area contributed by atoms with Gasteiger partial charge in [0.1, 0.15) is 11.6 Å². The Morgan fingerprint density at radius 3 is 1.50 bits per heavy atom. The van der Waals surface area contributed by atoms with Crippen molar-refractivity contribution in [2.75, 3.05) is 14.2 Å². The number of fused-ring (bicyclic) bond motifs is 1. The second kappa shape index (κ2) is 6.51. The molecule has 0 atom stereocenters. The van der Waals surface area contributed by atoms with Gasteiger partial charge in [-0.2, -0.15) is 0 Å². The molecule has 2 aromatic carbocycles. The summed E-state index contributed by atoms with van der Waals surface area (Å²) < 4.78 is 37.7. The van der Waals surface area contributed by atoms with Gasteiger partial charge < -0.3 is 9.47 Å². The molecule has 22 heavy (non-hydrogen) atoms. The van der Waals surface area contributed by atoms with E-state index in [-0.39, 0.29) is 34.7 Å². The van der Waals surface area contributed by atoms with Crippen LogP contribution >= 0.6 is 0 Å². The van der Waals surface area contributed by atoms with Gasteiger partial charge in [-0.1, -0.05) is 24.3 Å². The highest BCUT2D eigenvalue weighted by Crippen LogP contribution is 2.26. The van der Waals surface area contributed by atoms with Gasteiger partial charge in [-0.25, -0.2) is 8.78 Å². The van der Waals surface area contributed by atoms with E-state index in [1.54, 1.807) is 0 Å². The van der Waals surface area contributed by atoms with Gasteiger partial charge in [0.2, 0.25) is 0 Å². The Bertz CT molecular complexity index is 677. The molecule has 0 saturated heterocycles. The smallest absolute Gasteiger partial charge is 0.310 e. The molecule has 0 fully saturated rings. The van der Waals surface area contributed by atoms with Crippen LogP contribution in [0.2, 0.25) is 0 Å². The fourth-order valence-corrected chi connectivity index (χ4v) is 2.15. The number of carbonyl (C=O) groups excluding carboxylic acids is 2. The minimum absolute atomic E-state index is 0.0486. The van der Waals surface area contributed by atoms with Crippen LogP contribution in [-0.4, -0.2) is 26.2 Å². The van der Waals surface area contributed by atoms with Crippen molar-refractivity contribution < 1.29 is 27.8 Å². The lowest BCUT2D eigenvalue weighted by Crippen LogP contribution is -2.08. The molecule has 0 aliphatic carbocycles. The number of esters is 2. The van der Waals surface area contributed by atoms with Crippen molar-refractivity contribution in [2.24, 2.45) is 0 Å². The van der Waals surface area contributed by atoms with Crippen molar-refractivity contribution in [3.8, 4) is 0 Å². The Labute approximate surface area is 125 Å². The molecule has 0 aliphatic heterocycles. The van der Waals surface area contributed by atoms with Crippen molar-refractivity contribution in [2.45, 2.75) is 12.8 Å². The predicted molar refractivity (Wildman–Crippen MR) is 75.3 cm³/mol. The predicted octanol–water partition coefficient (Wildman–Crippen LogP) is 2.55. The molecule has 0 saturated carbocycles. The summed E-state index contributed by atoms with van der Waals surface area (Å²) in [4.78, 5) is 22.5. The molecule has 0 heterocycles. The minimum atomic E-state index is -0.675. The largest absolute Gasteiger partial charge is 0.469 e. The molecule has 0 N–H and O–H groups in total. The number of carbonyl (C=O) groups is 2. The molecule has 0 unspecified atom stereocenters. The fraction of sp³-hybridized carbons (Fsp3) is 0.250. The maximum atomic E-state index is 14.3. The number of methoxy groups -OCH3 is 2. The van der Waals surface area contributed by atoms with E-state index in [1.807, 2.05) is 0 Å². The fourth-order valence-electron chi connectivity index (χ4n) is 2.15. The zero-order valence-corrected chi connectivity index (χ0v) is 12.1. The molecular weight excluding hydrogens is 294 g/mol. The van der Waals surface area contributed by atoms with Gasteiger partial charge in [0, 0.05) is 10.8 Å². The highest BCUT2D eigenvalue weighted by molar-refractivity contribution is 5.87. The van der Waals surface area contributed by atoms with E-state index in [4.69, 9.17) is 0 Å². The molecule has 0 aromatic heterocycles. The summed E-state index contributed by atoms with van der Waals surface area (Å²) >= 11 is 0. The number of halogens is 2. The van der Waals surface area contributed by atoms with Crippen LogP contribution in [0.3, 0.4) is 0 Å². The zero-order chi connectivity index (χ0) is 16.3. The lowest BCUT2D eigenvalue weighted by molar-refractivity contribution is -0.140. The lowest BCUT2D eigenvalue weighted by atomic mass is 10.00. The van der Waals surface area contributed by atoms with Crippen LogP contribution in [0.15, 0.2) is 24.3 Å². The highest BCUT2D eigenvalue weighted by atomic mass is 19.1. The summed E-state index contributed by atoms with van der Waals surface area (Å²) in [6.45, 7) is 0. The third-order valence-electron chi connectivity index (χ3n) is 3.35. The van der Waals surface area contributed by atoms with Crippen LogP contribution in [0.5, 0.6) is 0 Å². The van der Waals surface area contributed by atoms with E-state index in [0.29, 0.717) is 0 Å². The molecular formula is C16H14F2O4. The third-order valence-corrected chi connectivity index (χ3v) is 3.35. The summed E-state index contributed by atoms with van der Waals surface area (Å²) in [6.07, 6.45) is -0.465. The van der Waals surface area contributed by atoms with Crippen LogP contribution < -0.4 is 0 Å². The maximum Gasteiger partial charge on any atom is 0.310 e. The first-order valence-corrected chi connectivity index (χ1v) is 6.50. The summed E-state index contributed by atoms with van der Waals surface area (Å²) in [7, 11) is 2.42. The number of benzene rings is 2. The quantitative estimate of drug-likeness (QED) is 0.815. The number of rotatable bonds is 4. The Hall–Kier alpha value is -2.50. The molecule has 0 spiro atoms. The van der Waals surface area contributed by atoms with E-state index < -0.39 is 23.6 Å². The Kier molecular flexibility index (Phi) is 4.70. The Balaban J connectivity index is 2.47. The average Bonchev–Trinajstić information content (AvgIpc) is 2.52. The van der Waals surface area contributed by atoms with Gasteiger partial charge in [0.25, 0.3) is 0 Å². The number of ether oxygens (including phenoxy) is 2. The molecule has 0 amide bonds.